The largest absolute Gasteiger partial charge is 0.504 e. The Morgan fingerprint density at radius 3 is 2.72 bits per heavy atom. The molecule has 0 aliphatic carbocycles. The second kappa shape index (κ2) is 8.47. The summed E-state index contributed by atoms with van der Waals surface area (Å²) >= 11 is 0. The minimum atomic E-state index is -0.676. The quantitative estimate of drug-likeness (QED) is 0.515. The summed E-state index contributed by atoms with van der Waals surface area (Å²) in [5.74, 6) is -0.841. The zero-order valence-electron chi connectivity index (χ0n) is 16.1. The van der Waals surface area contributed by atoms with Gasteiger partial charge in [0.1, 0.15) is 12.2 Å². The predicted octanol–water partition coefficient (Wildman–Crippen LogP) is 2.63. The molecule has 0 radical (unpaired) electrons. The van der Waals surface area contributed by atoms with Crippen LogP contribution in [0.4, 0.5) is 10.5 Å². The van der Waals surface area contributed by atoms with Crippen LogP contribution >= 0.6 is 0 Å². The molecule has 4 amide bonds. The lowest BCUT2D eigenvalue weighted by Gasteiger charge is -2.13. The number of carbonyl (C=O) groups is 3. The molecule has 8 nitrogen and oxygen atoms in total. The number of ether oxygens (including phenoxy) is 1. The molecular formula is C21H21N3O5. The number of nitrogens with one attached hydrogen (secondary N) is 2. The number of benzene rings is 2. The summed E-state index contributed by atoms with van der Waals surface area (Å²) in [5, 5.41) is 14.9. The van der Waals surface area contributed by atoms with Gasteiger partial charge in [0.05, 0.1) is 6.61 Å². The smallest absolute Gasteiger partial charge is 0.329 e. The van der Waals surface area contributed by atoms with Crippen LogP contribution in [-0.2, 0) is 9.59 Å². The summed E-state index contributed by atoms with van der Waals surface area (Å²) in [6.45, 7) is 3.59. The van der Waals surface area contributed by atoms with Crippen molar-refractivity contribution in [2.24, 2.45) is 0 Å². The molecule has 0 atom stereocenters. The van der Waals surface area contributed by atoms with Gasteiger partial charge in [0, 0.05) is 5.69 Å². The van der Waals surface area contributed by atoms with Gasteiger partial charge >= 0.3 is 6.03 Å². The van der Waals surface area contributed by atoms with Crippen molar-refractivity contribution < 1.29 is 24.2 Å². The van der Waals surface area contributed by atoms with Crippen LogP contribution in [0.1, 0.15) is 18.1 Å². The van der Waals surface area contributed by atoms with Crippen LogP contribution in [-0.4, -0.2) is 41.0 Å². The first-order valence-corrected chi connectivity index (χ1v) is 9.05. The maximum absolute atomic E-state index is 12.6. The molecule has 0 aromatic heterocycles. The van der Waals surface area contributed by atoms with Crippen molar-refractivity contribution in [1.29, 1.82) is 0 Å². The van der Waals surface area contributed by atoms with Crippen molar-refractivity contribution in [2.75, 3.05) is 18.5 Å². The fourth-order valence-electron chi connectivity index (χ4n) is 2.82. The van der Waals surface area contributed by atoms with Gasteiger partial charge in [0.15, 0.2) is 11.5 Å². The molecule has 2 aromatic rings. The maximum Gasteiger partial charge on any atom is 0.329 e. The third-order valence-corrected chi connectivity index (χ3v) is 4.28. The number of anilines is 1. The molecule has 1 aliphatic rings. The SMILES string of the molecule is CCOc1cc(/C=C2\NC(=O)N(CC(=O)Nc3ccccc3C)C2=O)ccc1O. The summed E-state index contributed by atoms with van der Waals surface area (Å²) in [5.41, 5.74) is 2.08. The number of rotatable bonds is 6. The molecule has 0 spiro atoms. The molecule has 2 aromatic carbocycles. The number of hydrogen-bond acceptors (Lipinski definition) is 5. The Hall–Kier alpha value is -3.81. The Bertz CT molecular complexity index is 1000. The lowest BCUT2D eigenvalue weighted by atomic mass is 10.1. The van der Waals surface area contributed by atoms with E-state index in [9.17, 15) is 19.5 Å². The first-order chi connectivity index (χ1) is 13.9. The van der Waals surface area contributed by atoms with E-state index in [1.165, 1.54) is 12.1 Å². The third-order valence-electron chi connectivity index (χ3n) is 4.28. The molecule has 150 valence electrons. The summed E-state index contributed by atoms with van der Waals surface area (Å²) in [6.07, 6.45) is 1.46. The van der Waals surface area contributed by atoms with Crippen LogP contribution in [0.25, 0.3) is 6.08 Å². The van der Waals surface area contributed by atoms with Crippen molar-refractivity contribution in [3.8, 4) is 11.5 Å². The molecular weight excluding hydrogens is 374 g/mol. The molecule has 1 heterocycles. The summed E-state index contributed by atoms with van der Waals surface area (Å²) < 4.78 is 5.31. The number of imide groups is 1. The monoisotopic (exact) mass is 395 g/mol. The van der Waals surface area contributed by atoms with E-state index in [0.717, 1.165) is 10.5 Å². The number of nitrogens with zero attached hydrogens (tertiary/aromatic N) is 1. The van der Waals surface area contributed by atoms with Crippen LogP contribution in [0, 0.1) is 6.92 Å². The second-order valence-electron chi connectivity index (χ2n) is 6.40. The van der Waals surface area contributed by atoms with Crippen LogP contribution in [0.2, 0.25) is 0 Å². The Kier molecular flexibility index (Phi) is 5.82. The number of phenols is 1. The van der Waals surface area contributed by atoms with Crippen molar-refractivity contribution in [3.63, 3.8) is 0 Å². The van der Waals surface area contributed by atoms with Gasteiger partial charge in [-0.05, 0) is 49.2 Å². The van der Waals surface area contributed by atoms with Crippen molar-refractivity contribution in [3.05, 3.63) is 59.3 Å². The van der Waals surface area contributed by atoms with Crippen molar-refractivity contribution >= 4 is 29.6 Å². The maximum atomic E-state index is 12.6. The normalized spacial score (nSPS) is 14.8. The molecule has 0 saturated carbocycles. The first-order valence-electron chi connectivity index (χ1n) is 9.05. The van der Waals surface area contributed by atoms with E-state index < -0.39 is 24.4 Å². The summed E-state index contributed by atoms with van der Waals surface area (Å²) in [7, 11) is 0. The van der Waals surface area contributed by atoms with Crippen molar-refractivity contribution in [1.82, 2.24) is 10.2 Å². The summed E-state index contributed by atoms with van der Waals surface area (Å²) in [6, 6.07) is 11.1. The molecule has 3 rings (SSSR count). The van der Waals surface area contributed by atoms with Gasteiger partial charge in [-0.1, -0.05) is 24.3 Å². The zero-order chi connectivity index (χ0) is 21.0. The fraction of sp³-hybridized carbons (Fsp3) is 0.190. The number of carbonyl (C=O) groups excluding carboxylic acids is 3. The molecule has 1 fully saturated rings. The number of urea groups is 1. The van der Waals surface area contributed by atoms with Gasteiger partial charge in [-0.15, -0.1) is 0 Å². The van der Waals surface area contributed by atoms with Crippen molar-refractivity contribution in [2.45, 2.75) is 13.8 Å². The van der Waals surface area contributed by atoms with Gasteiger partial charge < -0.3 is 20.5 Å². The van der Waals surface area contributed by atoms with Crippen LogP contribution in [0.15, 0.2) is 48.2 Å². The number of aromatic hydroxyl groups is 1. The fourth-order valence-corrected chi connectivity index (χ4v) is 2.82. The lowest BCUT2D eigenvalue weighted by molar-refractivity contribution is -0.127. The molecule has 3 N–H and O–H groups in total. The Morgan fingerprint density at radius 2 is 2.00 bits per heavy atom. The first kappa shape index (κ1) is 19.9. The molecule has 0 unspecified atom stereocenters. The molecule has 0 bridgehead atoms. The van der Waals surface area contributed by atoms with E-state index in [1.807, 2.05) is 19.1 Å². The highest BCUT2D eigenvalue weighted by molar-refractivity contribution is 6.16. The van der Waals surface area contributed by atoms with Gasteiger partial charge in [0.2, 0.25) is 5.91 Å². The molecule has 29 heavy (non-hydrogen) atoms. The van der Waals surface area contributed by atoms with E-state index in [2.05, 4.69) is 10.6 Å². The van der Waals surface area contributed by atoms with E-state index >= 15 is 0 Å². The average Bonchev–Trinajstić information content (AvgIpc) is 2.94. The van der Waals surface area contributed by atoms with E-state index in [4.69, 9.17) is 4.74 Å². The molecule has 1 saturated heterocycles. The minimum absolute atomic E-state index is 0.0229. The highest BCUT2D eigenvalue weighted by Gasteiger charge is 2.35. The number of amides is 4. The average molecular weight is 395 g/mol. The van der Waals surface area contributed by atoms with Gasteiger partial charge in [0.25, 0.3) is 5.91 Å². The predicted molar refractivity (Wildman–Crippen MR) is 107 cm³/mol. The number of para-hydroxylation sites is 1. The number of hydrogen-bond donors (Lipinski definition) is 3. The van der Waals surface area contributed by atoms with E-state index in [1.54, 1.807) is 31.2 Å². The zero-order valence-corrected chi connectivity index (χ0v) is 16.1. The minimum Gasteiger partial charge on any atom is -0.504 e. The number of aryl methyl sites for hydroxylation is 1. The third kappa shape index (κ3) is 4.55. The van der Waals surface area contributed by atoms with Crippen LogP contribution in [0.5, 0.6) is 11.5 Å². The van der Waals surface area contributed by atoms with Gasteiger partial charge in [-0.25, -0.2) is 9.69 Å². The Balaban J connectivity index is 1.72. The van der Waals surface area contributed by atoms with Crippen LogP contribution < -0.4 is 15.4 Å². The highest BCUT2D eigenvalue weighted by Crippen LogP contribution is 2.28. The topological polar surface area (TPSA) is 108 Å². The Labute approximate surface area is 167 Å². The Morgan fingerprint density at radius 1 is 1.24 bits per heavy atom. The van der Waals surface area contributed by atoms with E-state index in [0.29, 0.717) is 17.9 Å². The lowest BCUT2D eigenvalue weighted by Crippen LogP contribution is -2.38. The second-order valence-corrected chi connectivity index (χ2v) is 6.40. The number of phenolic OH excluding ortho intramolecular Hbond substituents is 1. The van der Waals surface area contributed by atoms with Crippen LogP contribution in [0.3, 0.4) is 0 Å². The highest BCUT2D eigenvalue weighted by atomic mass is 16.5. The van der Waals surface area contributed by atoms with E-state index in [-0.39, 0.29) is 17.2 Å². The standard InChI is InChI=1S/C21H21N3O5/c1-3-29-18-11-14(8-9-17(18)25)10-16-20(27)24(21(28)23-16)12-19(26)22-15-7-5-4-6-13(15)2/h4-11,25H,3,12H2,1-2H3,(H,22,26)(H,23,28)/b16-10-. The van der Waals surface area contributed by atoms with Gasteiger partial charge in [-0.2, -0.15) is 0 Å². The van der Waals surface area contributed by atoms with Gasteiger partial charge in [-0.3, -0.25) is 9.59 Å². The molecule has 8 heteroatoms. The summed E-state index contributed by atoms with van der Waals surface area (Å²) in [4.78, 5) is 37.9. The molecule has 1 aliphatic heterocycles.